The standard InChI is InChI=1S/C13H18N2O3/c1-9-6-10(15-14-9)4-5-16-11-2-3-12-13(7-11)18-8-17-12/h2-3,7,9-10,14-15H,4-6,8H2,1H3. The fourth-order valence-electron chi connectivity index (χ4n) is 2.28. The van der Waals surface area contributed by atoms with E-state index in [4.69, 9.17) is 14.2 Å². The van der Waals surface area contributed by atoms with Crippen molar-refractivity contribution in [2.24, 2.45) is 0 Å². The lowest BCUT2D eigenvalue weighted by Crippen LogP contribution is -2.33. The average molecular weight is 250 g/mol. The summed E-state index contributed by atoms with van der Waals surface area (Å²) in [5.41, 5.74) is 6.47. The summed E-state index contributed by atoms with van der Waals surface area (Å²) in [6, 6.07) is 6.71. The second kappa shape index (κ2) is 5.04. The first-order valence-corrected chi connectivity index (χ1v) is 6.35. The average Bonchev–Trinajstić information content (AvgIpc) is 2.97. The summed E-state index contributed by atoms with van der Waals surface area (Å²) < 4.78 is 16.3. The van der Waals surface area contributed by atoms with Gasteiger partial charge in [-0.2, -0.15) is 0 Å². The van der Waals surface area contributed by atoms with Gasteiger partial charge in [-0.3, -0.25) is 10.9 Å². The number of rotatable bonds is 4. The highest BCUT2D eigenvalue weighted by molar-refractivity contribution is 5.46. The van der Waals surface area contributed by atoms with Crippen molar-refractivity contribution in [1.29, 1.82) is 0 Å². The maximum absolute atomic E-state index is 5.73. The first-order valence-electron chi connectivity index (χ1n) is 6.35. The third-order valence-corrected chi connectivity index (χ3v) is 3.25. The highest BCUT2D eigenvalue weighted by Crippen LogP contribution is 2.35. The molecule has 2 heterocycles. The van der Waals surface area contributed by atoms with Gasteiger partial charge < -0.3 is 14.2 Å². The number of fused-ring (bicyclic) bond motifs is 1. The number of benzene rings is 1. The lowest BCUT2D eigenvalue weighted by Gasteiger charge is -2.11. The summed E-state index contributed by atoms with van der Waals surface area (Å²) in [5, 5.41) is 0. The summed E-state index contributed by atoms with van der Waals surface area (Å²) in [5.74, 6) is 2.39. The predicted molar refractivity (Wildman–Crippen MR) is 66.8 cm³/mol. The number of ether oxygens (including phenoxy) is 3. The molecule has 0 aliphatic carbocycles. The van der Waals surface area contributed by atoms with Crippen molar-refractivity contribution in [3.05, 3.63) is 18.2 Å². The van der Waals surface area contributed by atoms with Crippen LogP contribution in [0.5, 0.6) is 17.2 Å². The van der Waals surface area contributed by atoms with Crippen LogP contribution in [0.1, 0.15) is 19.8 Å². The number of nitrogens with one attached hydrogen (secondary N) is 2. The second-order valence-corrected chi connectivity index (χ2v) is 4.77. The van der Waals surface area contributed by atoms with Crippen LogP contribution in [0.15, 0.2) is 18.2 Å². The molecule has 0 amide bonds. The van der Waals surface area contributed by atoms with Crippen LogP contribution in [0.3, 0.4) is 0 Å². The molecule has 2 aliphatic rings. The Morgan fingerprint density at radius 2 is 2.17 bits per heavy atom. The van der Waals surface area contributed by atoms with Crippen LogP contribution in [0.2, 0.25) is 0 Å². The lowest BCUT2D eigenvalue weighted by molar-refractivity contribution is 0.173. The molecule has 1 aromatic rings. The molecule has 98 valence electrons. The van der Waals surface area contributed by atoms with Crippen molar-refractivity contribution in [3.8, 4) is 17.2 Å². The molecule has 5 heteroatoms. The highest BCUT2D eigenvalue weighted by atomic mass is 16.7. The Bertz CT molecular complexity index is 425. The van der Waals surface area contributed by atoms with Crippen molar-refractivity contribution in [1.82, 2.24) is 10.9 Å². The summed E-state index contributed by atoms with van der Waals surface area (Å²) in [6.07, 6.45) is 2.14. The first kappa shape index (κ1) is 11.6. The molecular formula is C13H18N2O3. The van der Waals surface area contributed by atoms with E-state index in [1.54, 1.807) is 0 Å². The van der Waals surface area contributed by atoms with Gasteiger partial charge in [0.05, 0.1) is 6.61 Å². The minimum absolute atomic E-state index is 0.300. The van der Waals surface area contributed by atoms with Gasteiger partial charge in [0.1, 0.15) is 5.75 Å². The molecular weight excluding hydrogens is 232 g/mol. The zero-order valence-electron chi connectivity index (χ0n) is 10.4. The van der Waals surface area contributed by atoms with Gasteiger partial charge in [0, 0.05) is 18.2 Å². The van der Waals surface area contributed by atoms with Crippen molar-refractivity contribution >= 4 is 0 Å². The molecule has 0 aromatic heterocycles. The Balaban J connectivity index is 1.48. The molecule has 0 spiro atoms. The van der Waals surface area contributed by atoms with E-state index in [1.165, 1.54) is 0 Å². The second-order valence-electron chi connectivity index (χ2n) is 4.77. The summed E-state index contributed by atoms with van der Waals surface area (Å²) >= 11 is 0. The monoisotopic (exact) mass is 250 g/mol. The van der Waals surface area contributed by atoms with Crippen molar-refractivity contribution in [3.63, 3.8) is 0 Å². The molecule has 5 nitrogen and oxygen atoms in total. The van der Waals surface area contributed by atoms with Gasteiger partial charge >= 0.3 is 0 Å². The van der Waals surface area contributed by atoms with Crippen LogP contribution in [0.4, 0.5) is 0 Å². The van der Waals surface area contributed by atoms with E-state index in [0.29, 0.717) is 25.5 Å². The van der Waals surface area contributed by atoms with Gasteiger partial charge in [0.25, 0.3) is 0 Å². The van der Waals surface area contributed by atoms with Crippen molar-refractivity contribution < 1.29 is 14.2 Å². The van der Waals surface area contributed by atoms with Gasteiger partial charge in [-0.15, -0.1) is 0 Å². The molecule has 0 radical (unpaired) electrons. The smallest absolute Gasteiger partial charge is 0.231 e. The van der Waals surface area contributed by atoms with Gasteiger partial charge in [-0.05, 0) is 31.9 Å². The Morgan fingerprint density at radius 1 is 1.28 bits per heavy atom. The van der Waals surface area contributed by atoms with Crippen LogP contribution in [-0.4, -0.2) is 25.5 Å². The third kappa shape index (κ3) is 2.52. The van der Waals surface area contributed by atoms with Crippen LogP contribution in [0, 0.1) is 0 Å². The molecule has 2 unspecified atom stereocenters. The molecule has 3 rings (SSSR count). The van der Waals surface area contributed by atoms with Crippen LogP contribution in [-0.2, 0) is 0 Å². The van der Waals surface area contributed by atoms with E-state index in [1.807, 2.05) is 18.2 Å². The van der Waals surface area contributed by atoms with Gasteiger partial charge in [0.2, 0.25) is 6.79 Å². The first-order chi connectivity index (χ1) is 8.81. The number of hydrogen-bond donors (Lipinski definition) is 2. The quantitative estimate of drug-likeness (QED) is 0.847. The van der Waals surface area contributed by atoms with E-state index >= 15 is 0 Å². The molecule has 1 fully saturated rings. The lowest BCUT2D eigenvalue weighted by atomic mass is 10.1. The molecule has 2 aliphatic heterocycles. The molecule has 1 aromatic carbocycles. The van der Waals surface area contributed by atoms with E-state index in [9.17, 15) is 0 Å². The molecule has 2 N–H and O–H groups in total. The summed E-state index contributed by atoms with van der Waals surface area (Å²) in [7, 11) is 0. The summed E-state index contributed by atoms with van der Waals surface area (Å²) in [6.45, 7) is 3.17. The highest BCUT2D eigenvalue weighted by Gasteiger charge is 2.19. The Kier molecular flexibility index (Phi) is 3.25. The Hall–Kier alpha value is -1.46. The van der Waals surface area contributed by atoms with Gasteiger partial charge in [0.15, 0.2) is 11.5 Å². The zero-order valence-corrected chi connectivity index (χ0v) is 10.4. The fourth-order valence-corrected chi connectivity index (χ4v) is 2.28. The Labute approximate surface area is 106 Å². The predicted octanol–water partition coefficient (Wildman–Crippen LogP) is 1.44. The van der Waals surface area contributed by atoms with Gasteiger partial charge in [-0.25, -0.2) is 0 Å². The SMILES string of the molecule is CC1CC(CCOc2ccc3c(c2)OCO3)NN1. The van der Waals surface area contributed by atoms with Crippen LogP contribution in [0.25, 0.3) is 0 Å². The van der Waals surface area contributed by atoms with Crippen LogP contribution >= 0.6 is 0 Å². The van der Waals surface area contributed by atoms with Crippen molar-refractivity contribution in [2.75, 3.05) is 13.4 Å². The zero-order chi connectivity index (χ0) is 12.4. The van der Waals surface area contributed by atoms with E-state index in [-0.39, 0.29) is 0 Å². The van der Waals surface area contributed by atoms with E-state index in [0.717, 1.165) is 30.1 Å². The normalized spacial score (nSPS) is 25.4. The van der Waals surface area contributed by atoms with Crippen LogP contribution < -0.4 is 25.1 Å². The van der Waals surface area contributed by atoms with E-state index < -0.39 is 0 Å². The molecule has 0 bridgehead atoms. The number of hydrazine groups is 1. The largest absolute Gasteiger partial charge is 0.493 e. The fraction of sp³-hybridized carbons (Fsp3) is 0.538. The maximum atomic E-state index is 5.73. The topological polar surface area (TPSA) is 51.8 Å². The molecule has 18 heavy (non-hydrogen) atoms. The van der Waals surface area contributed by atoms with Crippen molar-refractivity contribution in [2.45, 2.75) is 31.8 Å². The molecule has 0 saturated carbocycles. The third-order valence-electron chi connectivity index (χ3n) is 3.25. The number of hydrogen-bond acceptors (Lipinski definition) is 5. The minimum atomic E-state index is 0.300. The Morgan fingerprint density at radius 3 is 3.00 bits per heavy atom. The van der Waals surface area contributed by atoms with Gasteiger partial charge in [-0.1, -0.05) is 0 Å². The van der Waals surface area contributed by atoms with E-state index in [2.05, 4.69) is 17.8 Å². The molecule has 2 atom stereocenters. The minimum Gasteiger partial charge on any atom is -0.493 e. The molecule has 1 saturated heterocycles. The maximum Gasteiger partial charge on any atom is 0.231 e. The summed E-state index contributed by atoms with van der Waals surface area (Å²) in [4.78, 5) is 0.